The van der Waals surface area contributed by atoms with Gasteiger partial charge in [-0.1, -0.05) is 29.0 Å². The van der Waals surface area contributed by atoms with Crippen LogP contribution in [0.2, 0.25) is 5.02 Å². The van der Waals surface area contributed by atoms with E-state index < -0.39 is 4.92 Å². The average molecular weight is 487 g/mol. The summed E-state index contributed by atoms with van der Waals surface area (Å²) in [5.74, 6) is -0.203. The SMILES string of the molecule is O=C(/C=C/c1ccc([N+](=O)[O-])cc1)N(CCCN1CCOCC1)c1nc2c(Cl)cccc2s1. The molecule has 1 fully saturated rings. The molecule has 1 aliphatic heterocycles. The van der Waals surface area contributed by atoms with Gasteiger partial charge in [0.25, 0.3) is 11.6 Å². The Morgan fingerprint density at radius 2 is 2.00 bits per heavy atom. The van der Waals surface area contributed by atoms with E-state index in [4.69, 9.17) is 16.3 Å². The number of aromatic nitrogens is 1. The molecule has 0 N–H and O–H groups in total. The summed E-state index contributed by atoms with van der Waals surface area (Å²) in [6, 6.07) is 11.6. The summed E-state index contributed by atoms with van der Waals surface area (Å²) in [5, 5.41) is 12.0. The molecule has 1 aromatic heterocycles. The second kappa shape index (κ2) is 10.8. The van der Waals surface area contributed by atoms with E-state index in [9.17, 15) is 14.9 Å². The summed E-state index contributed by atoms with van der Waals surface area (Å²) in [5.41, 5.74) is 1.40. The molecule has 1 aliphatic rings. The van der Waals surface area contributed by atoms with Crippen LogP contribution in [-0.4, -0.2) is 60.1 Å². The van der Waals surface area contributed by atoms with E-state index in [2.05, 4.69) is 9.88 Å². The second-order valence-electron chi connectivity index (χ2n) is 7.56. The molecule has 2 aromatic carbocycles. The molecule has 33 heavy (non-hydrogen) atoms. The number of morpholine rings is 1. The lowest BCUT2D eigenvalue weighted by molar-refractivity contribution is -0.384. The summed E-state index contributed by atoms with van der Waals surface area (Å²) in [6.45, 7) is 4.63. The van der Waals surface area contributed by atoms with Gasteiger partial charge in [0, 0.05) is 44.4 Å². The van der Waals surface area contributed by atoms with E-state index >= 15 is 0 Å². The Hall–Kier alpha value is -2.85. The Labute approximate surface area is 200 Å². The van der Waals surface area contributed by atoms with Crippen LogP contribution >= 0.6 is 22.9 Å². The number of halogens is 1. The van der Waals surface area contributed by atoms with E-state index in [-0.39, 0.29) is 11.6 Å². The lowest BCUT2D eigenvalue weighted by atomic mass is 10.2. The Morgan fingerprint density at radius 1 is 1.24 bits per heavy atom. The minimum Gasteiger partial charge on any atom is -0.379 e. The largest absolute Gasteiger partial charge is 0.379 e. The normalized spacial score (nSPS) is 14.7. The first kappa shape index (κ1) is 23.3. The van der Waals surface area contributed by atoms with Crippen LogP contribution in [0, 0.1) is 10.1 Å². The fraction of sp³-hybridized carbons (Fsp3) is 0.304. The van der Waals surface area contributed by atoms with Crippen LogP contribution in [0.3, 0.4) is 0 Å². The van der Waals surface area contributed by atoms with Crippen molar-refractivity contribution in [2.45, 2.75) is 6.42 Å². The highest BCUT2D eigenvalue weighted by molar-refractivity contribution is 7.22. The minimum absolute atomic E-state index is 0.00886. The van der Waals surface area contributed by atoms with Crippen molar-refractivity contribution in [2.24, 2.45) is 0 Å². The lowest BCUT2D eigenvalue weighted by Gasteiger charge is -2.27. The number of hydrogen-bond acceptors (Lipinski definition) is 7. The lowest BCUT2D eigenvalue weighted by Crippen LogP contribution is -2.39. The number of fused-ring (bicyclic) bond motifs is 1. The van der Waals surface area contributed by atoms with E-state index in [0.29, 0.717) is 27.8 Å². The third-order valence-corrected chi connectivity index (χ3v) is 6.69. The number of thiazole rings is 1. The molecule has 1 amide bonds. The van der Waals surface area contributed by atoms with Crippen molar-refractivity contribution in [2.75, 3.05) is 44.3 Å². The highest BCUT2D eigenvalue weighted by Gasteiger charge is 2.19. The molecule has 172 valence electrons. The van der Waals surface area contributed by atoms with E-state index in [1.807, 2.05) is 12.1 Å². The first-order valence-electron chi connectivity index (χ1n) is 10.6. The van der Waals surface area contributed by atoms with Gasteiger partial charge >= 0.3 is 0 Å². The Morgan fingerprint density at radius 3 is 2.70 bits per heavy atom. The number of rotatable bonds is 8. The van der Waals surface area contributed by atoms with E-state index in [1.54, 1.807) is 29.2 Å². The predicted octanol–water partition coefficient (Wildman–Crippen LogP) is 4.63. The van der Waals surface area contributed by atoms with Gasteiger partial charge in [-0.05, 0) is 42.3 Å². The average Bonchev–Trinajstić information content (AvgIpc) is 3.26. The number of nitro groups is 1. The van der Waals surface area contributed by atoms with Crippen LogP contribution in [0.1, 0.15) is 12.0 Å². The van der Waals surface area contributed by atoms with Crippen molar-refractivity contribution in [1.82, 2.24) is 9.88 Å². The molecule has 0 bridgehead atoms. The fourth-order valence-electron chi connectivity index (χ4n) is 3.56. The molecule has 4 rings (SSSR count). The minimum atomic E-state index is -0.451. The van der Waals surface area contributed by atoms with Gasteiger partial charge in [0.2, 0.25) is 0 Å². The number of non-ortho nitro benzene ring substituents is 1. The number of carbonyl (C=O) groups excluding carboxylic acids is 1. The number of nitro benzene ring substituents is 1. The molecule has 2 heterocycles. The summed E-state index contributed by atoms with van der Waals surface area (Å²) < 4.78 is 6.32. The molecule has 0 saturated carbocycles. The Balaban J connectivity index is 1.51. The number of para-hydroxylation sites is 1. The van der Waals surface area contributed by atoms with Crippen molar-refractivity contribution in [3.05, 3.63) is 69.2 Å². The second-order valence-corrected chi connectivity index (χ2v) is 8.98. The number of amides is 1. The van der Waals surface area contributed by atoms with Gasteiger partial charge in [-0.25, -0.2) is 4.98 Å². The molecule has 0 aliphatic carbocycles. The van der Waals surface area contributed by atoms with Crippen LogP contribution in [0.4, 0.5) is 10.8 Å². The van der Waals surface area contributed by atoms with Gasteiger partial charge in [0.1, 0.15) is 5.52 Å². The summed E-state index contributed by atoms with van der Waals surface area (Å²) in [7, 11) is 0. The monoisotopic (exact) mass is 486 g/mol. The highest BCUT2D eigenvalue weighted by atomic mass is 35.5. The number of nitrogens with zero attached hydrogens (tertiary/aromatic N) is 4. The third kappa shape index (κ3) is 5.94. The van der Waals surface area contributed by atoms with Crippen LogP contribution < -0.4 is 4.90 Å². The molecular formula is C23H23ClN4O4S. The maximum atomic E-state index is 13.2. The molecule has 0 atom stereocenters. The van der Waals surface area contributed by atoms with Gasteiger partial charge in [-0.15, -0.1) is 0 Å². The topological polar surface area (TPSA) is 88.8 Å². The molecule has 0 radical (unpaired) electrons. The van der Waals surface area contributed by atoms with E-state index in [0.717, 1.165) is 44.0 Å². The maximum absolute atomic E-state index is 13.2. The van der Waals surface area contributed by atoms with Crippen molar-refractivity contribution < 1.29 is 14.5 Å². The first-order chi connectivity index (χ1) is 16.0. The molecule has 0 spiro atoms. The van der Waals surface area contributed by atoms with Crippen LogP contribution in [0.15, 0.2) is 48.5 Å². The molecule has 1 saturated heterocycles. The molecular weight excluding hydrogens is 464 g/mol. The summed E-state index contributed by atoms with van der Waals surface area (Å²) in [4.78, 5) is 32.2. The van der Waals surface area contributed by atoms with Crippen molar-refractivity contribution in [1.29, 1.82) is 0 Å². The highest BCUT2D eigenvalue weighted by Crippen LogP contribution is 2.33. The molecule has 0 unspecified atom stereocenters. The van der Waals surface area contributed by atoms with Crippen molar-refractivity contribution in [3.8, 4) is 0 Å². The number of anilines is 1. The quantitative estimate of drug-likeness (QED) is 0.262. The van der Waals surface area contributed by atoms with Gasteiger partial charge in [-0.3, -0.25) is 24.7 Å². The van der Waals surface area contributed by atoms with Gasteiger partial charge in [0.05, 0.1) is 27.9 Å². The number of ether oxygens (including phenoxy) is 1. The third-order valence-electron chi connectivity index (χ3n) is 5.34. The zero-order chi connectivity index (χ0) is 23.2. The summed E-state index contributed by atoms with van der Waals surface area (Å²) >= 11 is 7.72. The number of benzene rings is 2. The predicted molar refractivity (Wildman–Crippen MR) is 131 cm³/mol. The number of carbonyl (C=O) groups is 1. The van der Waals surface area contributed by atoms with Crippen LogP contribution in [0.25, 0.3) is 16.3 Å². The van der Waals surface area contributed by atoms with Gasteiger partial charge in [-0.2, -0.15) is 0 Å². The maximum Gasteiger partial charge on any atom is 0.269 e. The van der Waals surface area contributed by atoms with Crippen LogP contribution in [-0.2, 0) is 9.53 Å². The van der Waals surface area contributed by atoms with Crippen molar-refractivity contribution in [3.63, 3.8) is 0 Å². The smallest absolute Gasteiger partial charge is 0.269 e. The van der Waals surface area contributed by atoms with Gasteiger partial charge < -0.3 is 4.74 Å². The van der Waals surface area contributed by atoms with E-state index in [1.165, 1.54) is 29.5 Å². The van der Waals surface area contributed by atoms with Crippen LogP contribution in [0.5, 0.6) is 0 Å². The summed E-state index contributed by atoms with van der Waals surface area (Å²) in [6.07, 6.45) is 3.92. The Bertz CT molecular complexity index is 1160. The standard InChI is InChI=1S/C23H23ClN4O4S/c24-19-3-1-4-20-22(19)25-23(33-20)27(12-2-11-26-13-15-32-16-14-26)21(29)10-7-17-5-8-18(9-6-17)28(30)31/h1,3-10H,2,11-16H2/b10-7+. The molecule has 8 nitrogen and oxygen atoms in total. The molecule has 10 heteroatoms. The fourth-order valence-corrected chi connectivity index (χ4v) is 4.86. The van der Waals surface area contributed by atoms with Crippen molar-refractivity contribution >= 4 is 56.0 Å². The Kier molecular flexibility index (Phi) is 7.66. The molecule has 3 aromatic rings. The zero-order valence-electron chi connectivity index (χ0n) is 17.9. The van der Waals surface area contributed by atoms with Gasteiger partial charge in [0.15, 0.2) is 5.13 Å². The zero-order valence-corrected chi connectivity index (χ0v) is 19.4. The first-order valence-corrected chi connectivity index (χ1v) is 11.8. The number of hydrogen-bond donors (Lipinski definition) is 0.